The van der Waals surface area contributed by atoms with E-state index in [2.05, 4.69) is 0 Å². The monoisotopic (exact) mass is 336 g/mol. The standard InChI is InChI=1S/C18H28N2O4/c1-2-24-18(23)13-7-9-19(10-8-13)17(22)14-11-16(21)20(12-14)15-5-3-4-6-15/h13-15H,2-12H2,1H3/t14-/m0/s1. The van der Waals surface area contributed by atoms with Crippen LogP contribution in [-0.4, -0.2) is 59.9 Å². The molecule has 24 heavy (non-hydrogen) atoms. The predicted octanol–water partition coefficient (Wildman–Crippen LogP) is 1.58. The molecule has 1 aliphatic carbocycles. The molecule has 2 amide bonds. The van der Waals surface area contributed by atoms with Crippen molar-refractivity contribution in [2.75, 3.05) is 26.2 Å². The molecule has 0 N–H and O–H groups in total. The van der Waals surface area contributed by atoms with Gasteiger partial charge in [-0.2, -0.15) is 0 Å². The molecule has 0 aromatic rings. The average Bonchev–Trinajstić information content (AvgIpc) is 3.24. The number of piperidine rings is 1. The maximum Gasteiger partial charge on any atom is 0.309 e. The maximum absolute atomic E-state index is 12.7. The molecule has 2 heterocycles. The molecule has 1 atom stereocenters. The van der Waals surface area contributed by atoms with E-state index >= 15 is 0 Å². The number of esters is 1. The third-order valence-corrected chi connectivity index (χ3v) is 5.70. The highest BCUT2D eigenvalue weighted by molar-refractivity contribution is 5.89. The number of rotatable bonds is 4. The summed E-state index contributed by atoms with van der Waals surface area (Å²) in [5, 5.41) is 0. The molecule has 134 valence electrons. The zero-order valence-corrected chi connectivity index (χ0v) is 14.5. The summed E-state index contributed by atoms with van der Waals surface area (Å²) in [4.78, 5) is 40.6. The second kappa shape index (κ2) is 7.53. The minimum atomic E-state index is -0.197. The van der Waals surface area contributed by atoms with Crippen LogP contribution in [0.5, 0.6) is 0 Å². The normalized spacial score (nSPS) is 26.2. The molecule has 0 radical (unpaired) electrons. The highest BCUT2D eigenvalue weighted by atomic mass is 16.5. The van der Waals surface area contributed by atoms with Crippen molar-refractivity contribution >= 4 is 17.8 Å². The molecule has 0 spiro atoms. The number of hydrogen-bond donors (Lipinski definition) is 0. The summed E-state index contributed by atoms with van der Waals surface area (Å²) in [5.41, 5.74) is 0. The van der Waals surface area contributed by atoms with Crippen molar-refractivity contribution in [3.8, 4) is 0 Å². The fraction of sp³-hybridized carbons (Fsp3) is 0.833. The largest absolute Gasteiger partial charge is 0.466 e. The van der Waals surface area contributed by atoms with Gasteiger partial charge in [0.15, 0.2) is 0 Å². The lowest BCUT2D eigenvalue weighted by atomic mass is 9.95. The number of nitrogens with zero attached hydrogens (tertiary/aromatic N) is 2. The van der Waals surface area contributed by atoms with Gasteiger partial charge in [0.25, 0.3) is 0 Å². The lowest BCUT2D eigenvalue weighted by Gasteiger charge is -2.32. The number of hydrogen-bond acceptors (Lipinski definition) is 4. The average molecular weight is 336 g/mol. The van der Waals surface area contributed by atoms with Gasteiger partial charge in [0, 0.05) is 32.1 Å². The number of amides is 2. The molecule has 1 saturated carbocycles. The molecule has 2 aliphatic heterocycles. The summed E-state index contributed by atoms with van der Waals surface area (Å²) in [6.45, 7) is 3.98. The van der Waals surface area contributed by atoms with Crippen LogP contribution in [0.3, 0.4) is 0 Å². The molecule has 3 fully saturated rings. The van der Waals surface area contributed by atoms with E-state index in [4.69, 9.17) is 4.74 Å². The molecule has 0 bridgehead atoms. The van der Waals surface area contributed by atoms with E-state index in [9.17, 15) is 14.4 Å². The molecule has 0 unspecified atom stereocenters. The number of carbonyl (C=O) groups excluding carboxylic acids is 3. The van der Waals surface area contributed by atoms with E-state index in [0.29, 0.717) is 51.5 Å². The van der Waals surface area contributed by atoms with Crippen LogP contribution in [0.4, 0.5) is 0 Å². The van der Waals surface area contributed by atoms with Gasteiger partial charge in [0.05, 0.1) is 18.4 Å². The van der Waals surface area contributed by atoms with Crippen LogP contribution in [0.25, 0.3) is 0 Å². The van der Waals surface area contributed by atoms with Gasteiger partial charge < -0.3 is 14.5 Å². The second-order valence-corrected chi connectivity index (χ2v) is 7.24. The molecule has 2 saturated heterocycles. The van der Waals surface area contributed by atoms with Gasteiger partial charge in [-0.15, -0.1) is 0 Å². The highest BCUT2D eigenvalue weighted by Crippen LogP contribution is 2.31. The molecule has 0 aromatic carbocycles. The first-order valence-corrected chi connectivity index (χ1v) is 9.35. The maximum atomic E-state index is 12.7. The molecular weight excluding hydrogens is 308 g/mol. The minimum Gasteiger partial charge on any atom is -0.466 e. The Kier molecular flexibility index (Phi) is 5.41. The topological polar surface area (TPSA) is 66.9 Å². The molecule has 3 aliphatic rings. The van der Waals surface area contributed by atoms with Gasteiger partial charge in [-0.3, -0.25) is 14.4 Å². The van der Waals surface area contributed by atoms with Crippen molar-refractivity contribution in [2.24, 2.45) is 11.8 Å². The molecule has 3 rings (SSSR count). The van der Waals surface area contributed by atoms with E-state index in [1.807, 2.05) is 16.7 Å². The quantitative estimate of drug-likeness (QED) is 0.731. The Labute approximate surface area is 143 Å². The summed E-state index contributed by atoms with van der Waals surface area (Å²) in [6.07, 6.45) is 6.22. The van der Waals surface area contributed by atoms with Crippen LogP contribution in [0.15, 0.2) is 0 Å². The van der Waals surface area contributed by atoms with Crippen molar-refractivity contribution < 1.29 is 19.1 Å². The van der Waals surface area contributed by atoms with E-state index in [-0.39, 0.29) is 29.6 Å². The van der Waals surface area contributed by atoms with Crippen molar-refractivity contribution in [2.45, 2.75) is 57.9 Å². The van der Waals surface area contributed by atoms with E-state index in [0.717, 1.165) is 12.8 Å². The first kappa shape index (κ1) is 17.2. The zero-order chi connectivity index (χ0) is 17.1. The lowest BCUT2D eigenvalue weighted by Crippen LogP contribution is -2.44. The van der Waals surface area contributed by atoms with Gasteiger partial charge in [-0.25, -0.2) is 0 Å². The van der Waals surface area contributed by atoms with Crippen LogP contribution >= 0.6 is 0 Å². The first-order chi connectivity index (χ1) is 11.6. The van der Waals surface area contributed by atoms with Crippen LogP contribution in [-0.2, 0) is 19.1 Å². The Bertz CT molecular complexity index is 493. The second-order valence-electron chi connectivity index (χ2n) is 7.24. The fourth-order valence-electron chi connectivity index (χ4n) is 4.32. The Balaban J connectivity index is 1.51. The fourth-order valence-corrected chi connectivity index (χ4v) is 4.32. The zero-order valence-electron chi connectivity index (χ0n) is 14.5. The molecule has 0 aromatic heterocycles. The van der Waals surface area contributed by atoms with Gasteiger partial charge >= 0.3 is 5.97 Å². The Morgan fingerprint density at radius 1 is 1.08 bits per heavy atom. The summed E-state index contributed by atoms with van der Waals surface area (Å²) in [5.74, 6) is -0.202. The Morgan fingerprint density at radius 3 is 2.38 bits per heavy atom. The van der Waals surface area contributed by atoms with E-state index < -0.39 is 0 Å². The van der Waals surface area contributed by atoms with Gasteiger partial charge in [-0.05, 0) is 32.6 Å². The van der Waals surface area contributed by atoms with Crippen molar-refractivity contribution in [3.05, 3.63) is 0 Å². The van der Waals surface area contributed by atoms with Crippen LogP contribution in [0.1, 0.15) is 51.9 Å². The summed E-state index contributed by atoms with van der Waals surface area (Å²) in [6, 6.07) is 0.352. The Hall–Kier alpha value is -1.59. The van der Waals surface area contributed by atoms with Gasteiger partial charge in [-0.1, -0.05) is 12.8 Å². The van der Waals surface area contributed by atoms with Crippen LogP contribution in [0, 0.1) is 11.8 Å². The highest BCUT2D eigenvalue weighted by Gasteiger charge is 2.41. The molecular formula is C18H28N2O4. The molecule has 6 heteroatoms. The van der Waals surface area contributed by atoms with Gasteiger partial charge in [0.2, 0.25) is 11.8 Å². The third kappa shape index (κ3) is 3.57. The number of ether oxygens (including phenoxy) is 1. The third-order valence-electron chi connectivity index (χ3n) is 5.70. The smallest absolute Gasteiger partial charge is 0.309 e. The first-order valence-electron chi connectivity index (χ1n) is 9.35. The minimum absolute atomic E-state index is 0.0887. The number of carbonyl (C=O) groups is 3. The SMILES string of the molecule is CCOC(=O)C1CCN(C(=O)[C@H]2CC(=O)N(C3CCCC3)C2)CC1. The number of likely N-dealkylation sites (tertiary alicyclic amines) is 2. The van der Waals surface area contributed by atoms with Crippen molar-refractivity contribution in [1.29, 1.82) is 0 Å². The van der Waals surface area contributed by atoms with Crippen molar-refractivity contribution in [1.82, 2.24) is 9.80 Å². The predicted molar refractivity (Wildman–Crippen MR) is 88.0 cm³/mol. The van der Waals surface area contributed by atoms with Crippen LogP contribution < -0.4 is 0 Å². The van der Waals surface area contributed by atoms with E-state index in [1.54, 1.807) is 0 Å². The summed E-state index contributed by atoms with van der Waals surface area (Å²) in [7, 11) is 0. The molecule has 6 nitrogen and oxygen atoms in total. The lowest BCUT2D eigenvalue weighted by molar-refractivity contribution is -0.151. The van der Waals surface area contributed by atoms with Crippen LogP contribution in [0.2, 0.25) is 0 Å². The van der Waals surface area contributed by atoms with Gasteiger partial charge in [0.1, 0.15) is 0 Å². The summed E-state index contributed by atoms with van der Waals surface area (Å²) < 4.78 is 5.07. The van der Waals surface area contributed by atoms with E-state index in [1.165, 1.54) is 12.8 Å². The van der Waals surface area contributed by atoms with Crippen molar-refractivity contribution in [3.63, 3.8) is 0 Å². The Morgan fingerprint density at radius 2 is 1.75 bits per heavy atom. The summed E-state index contributed by atoms with van der Waals surface area (Å²) >= 11 is 0.